The fourth-order valence-corrected chi connectivity index (χ4v) is 2.95. The molecule has 148 valence electrons. The number of ether oxygens (including phenoxy) is 1. The zero-order valence-electron chi connectivity index (χ0n) is 16.1. The molecule has 0 aromatic heterocycles. The Labute approximate surface area is 172 Å². The predicted octanol–water partition coefficient (Wildman–Crippen LogP) is 4.27. The number of esters is 1. The molecule has 0 aliphatic rings. The third-order valence-electron chi connectivity index (χ3n) is 4.05. The van der Waals surface area contributed by atoms with Gasteiger partial charge in [-0.3, -0.25) is 14.4 Å². The summed E-state index contributed by atoms with van der Waals surface area (Å²) in [6.45, 7) is 5.30. The molecule has 0 saturated heterocycles. The van der Waals surface area contributed by atoms with Gasteiger partial charge in [0.1, 0.15) is 0 Å². The molecule has 0 radical (unpaired) electrons. The highest BCUT2D eigenvalue weighted by molar-refractivity contribution is 9.10. The fraction of sp³-hybridized carbons (Fsp3) is 0.286. The van der Waals surface area contributed by atoms with E-state index in [1.807, 2.05) is 51.1 Å². The predicted molar refractivity (Wildman–Crippen MR) is 112 cm³/mol. The molecule has 0 bridgehead atoms. The Morgan fingerprint density at radius 2 is 1.57 bits per heavy atom. The molecule has 0 unspecified atom stereocenters. The first kappa shape index (κ1) is 21.6. The maximum atomic E-state index is 12.0. The minimum atomic E-state index is -0.598. The average molecular weight is 447 g/mol. The van der Waals surface area contributed by atoms with Gasteiger partial charge in [-0.15, -0.1) is 0 Å². The lowest BCUT2D eigenvalue weighted by molar-refractivity contribution is -0.147. The zero-order chi connectivity index (χ0) is 20.7. The first-order valence-electron chi connectivity index (χ1n) is 8.83. The van der Waals surface area contributed by atoms with Crippen LogP contribution in [0.5, 0.6) is 0 Å². The van der Waals surface area contributed by atoms with Crippen LogP contribution in [0.3, 0.4) is 0 Å². The topological polar surface area (TPSA) is 84.5 Å². The number of halogens is 1. The van der Waals surface area contributed by atoms with E-state index in [0.717, 1.165) is 21.2 Å². The van der Waals surface area contributed by atoms with E-state index in [1.165, 1.54) is 0 Å². The number of anilines is 2. The van der Waals surface area contributed by atoms with Crippen LogP contribution < -0.4 is 10.6 Å². The molecule has 2 N–H and O–H groups in total. The summed E-state index contributed by atoms with van der Waals surface area (Å²) < 4.78 is 5.87. The average Bonchev–Trinajstić information content (AvgIpc) is 2.63. The number of amides is 2. The molecule has 2 aromatic carbocycles. The van der Waals surface area contributed by atoms with E-state index >= 15 is 0 Å². The molecule has 0 aliphatic heterocycles. The van der Waals surface area contributed by atoms with Gasteiger partial charge in [-0.25, -0.2) is 0 Å². The van der Waals surface area contributed by atoms with Crippen LogP contribution in [-0.2, 0) is 19.1 Å². The number of carbonyl (C=O) groups excluding carboxylic acids is 3. The van der Waals surface area contributed by atoms with Crippen molar-refractivity contribution >= 4 is 45.1 Å². The summed E-state index contributed by atoms with van der Waals surface area (Å²) >= 11 is 3.36. The monoisotopic (exact) mass is 446 g/mol. The van der Waals surface area contributed by atoms with Crippen molar-refractivity contribution < 1.29 is 19.1 Å². The number of benzene rings is 2. The Hall–Kier alpha value is -2.67. The largest absolute Gasteiger partial charge is 0.456 e. The molecule has 0 aliphatic carbocycles. The SMILES string of the molecule is Cc1ccc(C)c(NC(=O)COC(=O)CCC(=O)Nc2ccc(Br)cc2C)c1. The Bertz CT molecular complexity index is 896. The molecule has 7 heteroatoms. The Kier molecular flexibility index (Phi) is 7.75. The summed E-state index contributed by atoms with van der Waals surface area (Å²) in [7, 11) is 0. The second-order valence-electron chi connectivity index (χ2n) is 6.53. The maximum Gasteiger partial charge on any atom is 0.306 e. The lowest BCUT2D eigenvalue weighted by Crippen LogP contribution is -2.22. The smallest absolute Gasteiger partial charge is 0.306 e. The van der Waals surface area contributed by atoms with Crippen molar-refractivity contribution in [2.45, 2.75) is 33.6 Å². The Morgan fingerprint density at radius 1 is 0.857 bits per heavy atom. The maximum absolute atomic E-state index is 12.0. The summed E-state index contributed by atoms with van der Waals surface area (Å²) in [5, 5.41) is 5.47. The van der Waals surface area contributed by atoms with Gasteiger partial charge in [0.05, 0.1) is 6.42 Å². The van der Waals surface area contributed by atoms with Crippen LogP contribution >= 0.6 is 15.9 Å². The van der Waals surface area contributed by atoms with Crippen molar-refractivity contribution in [2.75, 3.05) is 17.2 Å². The first-order chi connectivity index (χ1) is 13.2. The van der Waals surface area contributed by atoms with Gasteiger partial charge < -0.3 is 15.4 Å². The number of carbonyl (C=O) groups is 3. The van der Waals surface area contributed by atoms with Crippen molar-refractivity contribution in [1.82, 2.24) is 0 Å². The summed E-state index contributed by atoms with van der Waals surface area (Å²) in [5.41, 5.74) is 4.23. The van der Waals surface area contributed by atoms with E-state index in [0.29, 0.717) is 11.4 Å². The number of hydrogen-bond acceptors (Lipinski definition) is 4. The molecular weight excluding hydrogens is 424 g/mol. The molecule has 28 heavy (non-hydrogen) atoms. The molecule has 2 amide bonds. The first-order valence-corrected chi connectivity index (χ1v) is 9.62. The van der Waals surface area contributed by atoms with Crippen molar-refractivity contribution in [1.29, 1.82) is 0 Å². The highest BCUT2D eigenvalue weighted by Crippen LogP contribution is 2.20. The van der Waals surface area contributed by atoms with Crippen LogP contribution in [0.15, 0.2) is 40.9 Å². The minimum absolute atomic E-state index is 0.0209. The van der Waals surface area contributed by atoms with Crippen LogP contribution in [0.25, 0.3) is 0 Å². The van der Waals surface area contributed by atoms with Gasteiger partial charge in [-0.1, -0.05) is 28.1 Å². The second-order valence-corrected chi connectivity index (χ2v) is 7.45. The highest BCUT2D eigenvalue weighted by Gasteiger charge is 2.12. The lowest BCUT2D eigenvalue weighted by Gasteiger charge is -2.10. The van der Waals surface area contributed by atoms with Gasteiger partial charge in [0.15, 0.2) is 6.61 Å². The Balaban J connectivity index is 1.74. The van der Waals surface area contributed by atoms with E-state index in [9.17, 15) is 14.4 Å². The van der Waals surface area contributed by atoms with Crippen molar-refractivity contribution in [3.8, 4) is 0 Å². The van der Waals surface area contributed by atoms with Crippen molar-refractivity contribution in [3.05, 3.63) is 57.6 Å². The van der Waals surface area contributed by atoms with Crippen LogP contribution in [0, 0.1) is 20.8 Å². The second kappa shape index (κ2) is 10.0. The highest BCUT2D eigenvalue weighted by atomic mass is 79.9. The van der Waals surface area contributed by atoms with E-state index in [2.05, 4.69) is 26.6 Å². The number of hydrogen-bond donors (Lipinski definition) is 2. The normalized spacial score (nSPS) is 10.3. The number of nitrogens with one attached hydrogen (secondary N) is 2. The van der Waals surface area contributed by atoms with Gasteiger partial charge in [0, 0.05) is 22.3 Å². The zero-order valence-corrected chi connectivity index (χ0v) is 17.7. The molecule has 0 spiro atoms. The Morgan fingerprint density at radius 3 is 2.29 bits per heavy atom. The van der Waals surface area contributed by atoms with Crippen molar-refractivity contribution in [3.63, 3.8) is 0 Å². The summed E-state index contributed by atoms with van der Waals surface area (Å²) in [6, 6.07) is 11.2. The lowest BCUT2D eigenvalue weighted by atomic mass is 10.1. The molecule has 0 atom stereocenters. The van der Waals surface area contributed by atoms with Gasteiger partial charge in [0.25, 0.3) is 5.91 Å². The number of aryl methyl sites for hydroxylation is 3. The molecule has 2 aromatic rings. The third kappa shape index (κ3) is 6.81. The summed E-state index contributed by atoms with van der Waals surface area (Å²) in [6.07, 6.45) is -0.120. The van der Waals surface area contributed by atoms with E-state index in [1.54, 1.807) is 6.07 Å². The van der Waals surface area contributed by atoms with E-state index < -0.39 is 11.9 Å². The van der Waals surface area contributed by atoms with Gasteiger partial charge in [0.2, 0.25) is 5.91 Å². The minimum Gasteiger partial charge on any atom is -0.456 e. The van der Waals surface area contributed by atoms with Crippen LogP contribution in [0.1, 0.15) is 29.5 Å². The summed E-state index contributed by atoms with van der Waals surface area (Å²) in [4.78, 5) is 35.7. The van der Waals surface area contributed by atoms with E-state index in [-0.39, 0.29) is 25.4 Å². The molecule has 0 fully saturated rings. The van der Waals surface area contributed by atoms with Crippen LogP contribution in [0.2, 0.25) is 0 Å². The number of rotatable bonds is 7. The molecule has 0 heterocycles. The standard InChI is InChI=1S/C21H23BrN2O4/c1-13-4-5-14(2)18(10-13)24-20(26)12-28-21(27)9-8-19(25)23-17-7-6-16(22)11-15(17)3/h4-7,10-11H,8-9,12H2,1-3H3,(H,23,25)(H,24,26). The third-order valence-corrected chi connectivity index (χ3v) is 4.54. The summed E-state index contributed by atoms with van der Waals surface area (Å²) in [5.74, 6) is -1.31. The quantitative estimate of drug-likeness (QED) is 0.621. The van der Waals surface area contributed by atoms with Crippen LogP contribution in [-0.4, -0.2) is 24.4 Å². The molecular formula is C21H23BrN2O4. The van der Waals surface area contributed by atoms with Crippen molar-refractivity contribution in [2.24, 2.45) is 0 Å². The molecule has 0 saturated carbocycles. The molecule has 6 nitrogen and oxygen atoms in total. The fourth-order valence-electron chi connectivity index (χ4n) is 2.47. The van der Waals surface area contributed by atoms with Gasteiger partial charge >= 0.3 is 5.97 Å². The van der Waals surface area contributed by atoms with Gasteiger partial charge in [-0.05, 0) is 61.7 Å². The van der Waals surface area contributed by atoms with Crippen LogP contribution in [0.4, 0.5) is 11.4 Å². The van der Waals surface area contributed by atoms with Gasteiger partial charge in [-0.2, -0.15) is 0 Å². The van der Waals surface area contributed by atoms with E-state index in [4.69, 9.17) is 4.74 Å². The molecule has 2 rings (SSSR count).